The molecule has 7 nitrogen and oxygen atoms in total. The Morgan fingerprint density at radius 2 is 2.14 bits per heavy atom. The largest absolute Gasteiger partial charge is 0.481 e. The van der Waals surface area contributed by atoms with Gasteiger partial charge in [-0.15, -0.1) is 0 Å². The van der Waals surface area contributed by atoms with Crippen molar-refractivity contribution in [2.24, 2.45) is 0 Å². The number of rotatable bonds is 6. The van der Waals surface area contributed by atoms with Crippen molar-refractivity contribution < 1.29 is 18.3 Å². The fraction of sp³-hybridized carbons (Fsp3) is 0.385. The van der Waals surface area contributed by atoms with Crippen LogP contribution in [-0.2, 0) is 14.8 Å². The minimum atomic E-state index is -3.71. The van der Waals surface area contributed by atoms with Gasteiger partial charge in [0.05, 0.1) is 23.0 Å². The number of aromatic nitrogens is 2. The highest BCUT2D eigenvalue weighted by Crippen LogP contribution is 2.21. The molecular formula is C13H17N3O4S. The van der Waals surface area contributed by atoms with Gasteiger partial charge in [-0.05, 0) is 32.0 Å². The number of hydrogen-bond acceptors (Lipinski definition) is 4. The van der Waals surface area contributed by atoms with Gasteiger partial charge >= 0.3 is 5.97 Å². The predicted molar refractivity (Wildman–Crippen MR) is 77.6 cm³/mol. The van der Waals surface area contributed by atoms with E-state index in [2.05, 4.69) is 9.82 Å². The molecule has 0 fully saturated rings. The first-order valence-corrected chi connectivity index (χ1v) is 7.98. The molecule has 0 saturated carbocycles. The molecule has 0 amide bonds. The molecular weight excluding hydrogens is 294 g/mol. The third-order valence-corrected chi connectivity index (χ3v) is 4.46. The zero-order valence-corrected chi connectivity index (χ0v) is 12.6. The van der Waals surface area contributed by atoms with E-state index in [1.165, 1.54) is 12.1 Å². The first kappa shape index (κ1) is 15.5. The van der Waals surface area contributed by atoms with Gasteiger partial charge in [0.25, 0.3) is 0 Å². The molecule has 0 unspecified atom stereocenters. The number of nitrogens with one attached hydrogen (secondary N) is 1. The lowest BCUT2D eigenvalue weighted by molar-refractivity contribution is -0.136. The Labute approximate surface area is 122 Å². The molecule has 0 aliphatic carbocycles. The molecule has 2 aromatic rings. The highest BCUT2D eigenvalue weighted by molar-refractivity contribution is 7.89. The molecule has 1 aromatic carbocycles. The van der Waals surface area contributed by atoms with Gasteiger partial charge in [-0.2, -0.15) is 5.10 Å². The number of carboxylic acids is 1. The van der Waals surface area contributed by atoms with Crippen LogP contribution < -0.4 is 4.72 Å². The normalized spacial score (nSPS) is 12.1. The summed E-state index contributed by atoms with van der Waals surface area (Å²) in [5, 5.41) is 13.5. The van der Waals surface area contributed by atoms with Crippen molar-refractivity contribution >= 4 is 26.9 Å². The van der Waals surface area contributed by atoms with Crippen LogP contribution in [0.4, 0.5) is 0 Å². The molecule has 1 aromatic heterocycles. The van der Waals surface area contributed by atoms with Crippen LogP contribution in [0.2, 0.25) is 0 Å². The van der Waals surface area contributed by atoms with Gasteiger partial charge in [0.15, 0.2) is 0 Å². The average Bonchev–Trinajstić information content (AvgIpc) is 2.80. The molecule has 2 rings (SSSR count). The number of hydrogen-bond donors (Lipinski definition) is 2. The van der Waals surface area contributed by atoms with Crippen LogP contribution in [0, 0.1) is 0 Å². The predicted octanol–water partition coefficient (Wildman–Crippen LogP) is 1.37. The van der Waals surface area contributed by atoms with Gasteiger partial charge in [-0.25, -0.2) is 13.1 Å². The highest BCUT2D eigenvalue weighted by Gasteiger charge is 2.16. The molecule has 0 saturated heterocycles. The summed E-state index contributed by atoms with van der Waals surface area (Å²) in [6, 6.07) is 4.91. The maximum atomic E-state index is 12.1. The van der Waals surface area contributed by atoms with Gasteiger partial charge < -0.3 is 5.11 Å². The number of benzene rings is 1. The lowest BCUT2D eigenvalue weighted by Crippen LogP contribution is -2.26. The molecule has 0 bridgehead atoms. The standard InChI is InChI=1S/C13H17N3O4S/c1-9(2)16-12-4-3-11(7-10(12)8-14-16)21(19,20)15-6-5-13(17)18/h3-4,7-9,15H,5-6H2,1-2H3,(H,17,18). The number of fused-ring (bicyclic) bond motifs is 1. The van der Waals surface area contributed by atoms with E-state index in [-0.39, 0.29) is 23.9 Å². The van der Waals surface area contributed by atoms with Crippen LogP contribution in [0.3, 0.4) is 0 Å². The summed E-state index contributed by atoms with van der Waals surface area (Å²) in [5.74, 6) is -1.05. The Kier molecular flexibility index (Phi) is 4.29. The first-order chi connectivity index (χ1) is 9.81. The smallest absolute Gasteiger partial charge is 0.304 e. The van der Waals surface area contributed by atoms with Gasteiger partial charge in [-0.3, -0.25) is 9.48 Å². The van der Waals surface area contributed by atoms with Crippen molar-refractivity contribution in [3.05, 3.63) is 24.4 Å². The first-order valence-electron chi connectivity index (χ1n) is 6.50. The van der Waals surface area contributed by atoms with Crippen LogP contribution in [-0.4, -0.2) is 35.8 Å². The van der Waals surface area contributed by atoms with Crippen molar-refractivity contribution in [3.8, 4) is 0 Å². The fourth-order valence-electron chi connectivity index (χ4n) is 1.99. The third kappa shape index (κ3) is 3.40. The van der Waals surface area contributed by atoms with Gasteiger partial charge in [0.1, 0.15) is 0 Å². The molecule has 0 spiro atoms. The summed E-state index contributed by atoms with van der Waals surface area (Å²) >= 11 is 0. The monoisotopic (exact) mass is 311 g/mol. The minimum Gasteiger partial charge on any atom is -0.481 e. The summed E-state index contributed by atoms with van der Waals surface area (Å²) in [7, 11) is -3.71. The Hall–Kier alpha value is -1.93. The molecule has 21 heavy (non-hydrogen) atoms. The average molecular weight is 311 g/mol. The van der Waals surface area contributed by atoms with Crippen molar-refractivity contribution in [2.45, 2.75) is 31.2 Å². The van der Waals surface area contributed by atoms with E-state index in [1.807, 2.05) is 18.5 Å². The lowest BCUT2D eigenvalue weighted by Gasteiger charge is -2.08. The lowest BCUT2D eigenvalue weighted by atomic mass is 10.2. The van der Waals surface area contributed by atoms with Crippen LogP contribution >= 0.6 is 0 Å². The molecule has 8 heteroatoms. The molecule has 2 N–H and O–H groups in total. The molecule has 0 radical (unpaired) electrons. The Balaban J connectivity index is 2.28. The summed E-state index contributed by atoms with van der Waals surface area (Å²) < 4.78 is 28.2. The van der Waals surface area contributed by atoms with E-state index < -0.39 is 16.0 Å². The van der Waals surface area contributed by atoms with E-state index in [9.17, 15) is 13.2 Å². The molecule has 0 aliphatic heterocycles. The number of aliphatic carboxylic acids is 1. The van der Waals surface area contributed by atoms with E-state index >= 15 is 0 Å². The Morgan fingerprint density at radius 1 is 1.43 bits per heavy atom. The van der Waals surface area contributed by atoms with Crippen LogP contribution in [0.1, 0.15) is 26.3 Å². The summed E-state index contributed by atoms with van der Waals surface area (Å²) in [6.07, 6.45) is 1.36. The summed E-state index contributed by atoms with van der Waals surface area (Å²) in [5.41, 5.74) is 0.856. The molecule has 114 valence electrons. The van der Waals surface area contributed by atoms with E-state index in [1.54, 1.807) is 12.3 Å². The van der Waals surface area contributed by atoms with Gasteiger partial charge in [-0.1, -0.05) is 0 Å². The van der Waals surface area contributed by atoms with Crippen LogP contribution in [0.15, 0.2) is 29.3 Å². The summed E-state index contributed by atoms with van der Waals surface area (Å²) in [4.78, 5) is 10.5. The SMILES string of the molecule is CC(C)n1ncc2cc(S(=O)(=O)NCCC(=O)O)ccc21. The zero-order chi connectivity index (χ0) is 15.6. The van der Waals surface area contributed by atoms with Crippen molar-refractivity contribution in [1.29, 1.82) is 0 Å². The maximum absolute atomic E-state index is 12.1. The zero-order valence-electron chi connectivity index (χ0n) is 11.8. The number of carbonyl (C=O) groups is 1. The summed E-state index contributed by atoms with van der Waals surface area (Å²) in [6.45, 7) is 3.84. The fourth-order valence-corrected chi connectivity index (χ4v) is 3.05. The second-order valence-corrected chi connectivity index (χ2v) is 6.71. The van der Waals surface area contributed by atoms with Crippen molar-refractivity contribution in [3.63, 3.8) is 0 Å². The molecule has 1 heterocycles. The third-order valence-electron chi connectivity index (χ3n) is 3.00. The highest BCUT2D eigenvalue weighted by atomic mass is 32.2. The van der Waals surface area contributed by atoms with E-state index in [0.29, 0.717) is 0 Å². The molecule has 0 atom stereocenters. The number of sulfonamides is 1. The topological polar surface area (TPSA) is 101 Å². The van der Waals surface area contributed by atoms with Crippen LogP contribution in [0.5, 0.6) is 0 Å². The Morgan fingerprint density at radius 3 is 2.76 bits per heavy atom. The van der Waals surface area contributed by atoms with Crippen LogP contribution in [0.25, 0.3) is 10.9 Å². The quantitative estimate of drug-likeness (QED) is 0.839. The van der Waals surface area contributed by atoms with Gasteiger partial charge in [0, 0.05) is 18.0 Å². The minimum absolute atomic E-state index is 0.101. The number of carboxylic acid groups (broad SMARTS) is 1. The maximum Gasteiger partial charge on any atom is 0.304 e. The van der Waals surface area contributed by atoms with Crippen molar-refractivity contribution in [2.75, 3.05) is 6.54 Å². The van der Waals surface area contributed by atoms with Crippen molar-refractivity contribution in [1.82, 2.24) is 14.5 Å². The second-order valence-electron chi connectivity index (χ2n) is 4.95. The van der Waals surface area contributed by atoms with E-state index in [4.69, 9.17) is 5.11 Å². The Bertz CT molecular complexity index is 765. The molecule has 0 aliphatic rings. The number of nitrogens with zero attached hydrogens (tertiary/aromatic N) is 2. The second kappa shape index (κ2) is 5.82. The van der Waals surface area contributed by atoms with Gasteiger partial charge in [0.2, 0.25) is 10.0 Å². The van der Waals surface area contributed by atoms with E-state index in [0.717, 1.165) is 10.9 Å².